The first kappa shape index (κ1) is 18.5. The number of hydrogen-bond acceptors (Lipinski definition) is 1. The van der Waals surface area contributed by atoms with Crippen molar-refractivity contribution in [1.82, 2.24) is 4.90 Å². The van der Waals surface area contributed by atoms with Crippen molar-refractivity contribution in [3.63, 3.8) is 0 Å². The summed E-state index contributed by atoms with van der Waals surface area (Å²) < 4.78 is 0. The van der Waals surface area contributed by atoms with E-state index in [9.17, 15) is 0 Å². The Hall–Kier alpha value is -1.31. The number of rotatable bonds is 5. The fraction of sp³-hybridized carbons (Fsp3) is 0.478. The molecule has 2 saturated heterocycles. The maximum atomic E-state index is 2.77. The van der Waals surface area contributed by atoms with Crippen LogP contribution in [0.5, 0.6) is 0 Å². The van der Waals surface area contributed by atoms with Gasteiger partial charge < -0.3 is 4.90 Å². The van der Waals surface area contributed by atoms with Crippen molar-refractivity contribution in [1.29, 1.82) is 0 Å². The minimum Gasteiger partial charge on any atom is -0.303 e. The third kappa shape index (κ3) is 4.65. The Bertz CT molecular complexity index is 566. The van der Waals surface area contributed by atoms with E-state index in [0.29, 0.717) is 5.92 Å². The molecule has 2 aromatic rings. The summed E-state index contributed by atoms with van der Waals surface area (Å²) in [5, 5.41) is 0. The quantitative estimate of drug-likeness (QED) is 0.659. The van der Waals surface area contributed by atoms with Crippen molar-refractivity contribution in [3.8, 4) is 0 Å². The molecule has 0 amide bonds. The number of benzene rings is 2. The number of halogens is 1. The summed E-state index contributed by atoms with van der Waals surface area (Å²) in [5.74, 6) is 2.46. The number of hydrogen-bond donors (Lipinski definition) is 0. The smallest absolute Gasteiger partial charge is 0.0101 e. The van der Waals surface area contributed by atoms with Crippen LogP contribution in [0.2, 0.25) is 0 Å². The van der Waals surface area contributed by atoms with Gasteiger partial charge in [0.15, 0.2) is 0 Å². The zero-order valence-corrected chi connectivity index (χ0v) is 15.8. The zero-order chi connectivity index (χ0) is 16.2. The lowest BCUT2D eigenvalue weighted by Crippen LogP contribution is -2.30. The first-order valence-corrected chi connectivity index (χ1v) is 9.71. The Labute approximate surface area is 158 Å². The topological polar surface area (TPSA) is 3.24 Å². The maximum absolute atomic E-state index is 2.77. The van der Waals surface area contributed by atoms with Crippen molar-refractivity contribution in [3.05, 3.63) is 71.8 Å². The summed E-state index contributed by atoms with van der Waals surface area (Å²) in [5.41, 5.74) is 2.92. The molecule has 0 N–H and O–H groups in total. The zero-order valence-electron chi connectivity index (χ0n) is 15.0. The highest BCUT2D eigenvalue weighted by atomic mass is 35.5. The molecule has 0 aromatic heterocycles. The predicted molar refractivity (Wildman–Crippen MR) is 108 cm³/mol. The van der Waals surface area contributed by atoms with Crippen LogP contribution in [0.15, 0.2) is 60.7 Å². The monoisotopic (exact) mass is 355 g/mol. The van der Waals surface area contributed by atoms with E-state index in [1.807, 2.05) is 0 Å². The van der Waals surface area contributed by atoms with Crippen molar-refractivity contribution in [2.45, 2.75) is 38.0 Å². The van der Waals surface area contributed by atoms with Gasteiger partial charge >= 0.3 is 0 Å². The minimum absolute atomic E-state index is 0. The van der Waals surface area contributed by atoms with Gasteiger partial charge in [-0.2, -0.15) is 0 Å². The molecule has 2 heterocycles. The summed E-state index contributed by atoms with van der Waals surface area (Å²) >= 11 is 0. The Balaban J connectivity index is 0.00000182. The third-order valence-corrected chi connectivity index (χ3v) is 6.14. The predicted octanol–water partition coefficient (Wildman–Crippen LogP) is 5.75. The van der Waals surface area contributed by atoms with Crippen molar-refractivity contribution < 1.29 is 0 Å². The van der Waals surface area contributed by atoms with Gasteiger partial charge in [0, 0.05) is 19.0 Å². The van der Waals surface area contributed by atoms with Gasteiger partial charge in [-0.25, -0.2) is 0 Å². The van der Waals surface area contributed by atoms with Crippen LogP contribution < -0.4 is 0 Å². The average molecular weight is 356 g/mol. The van der Waals surface area contributed by atoms with E-state index in [-0.39, 0.29) is 12.4 Å². The SMILES string of the molecule is Cl.c1ccc(C(CCN2CC3CCC(CC3)C2)c2ccccc2)cc1. The molecule has 134 valence electrons. The minimum atomic E-state index is 0. The molecule has 5 rings (SSSR count). The lowest BCUT2D eigenvalue weighted by atomic mass is 9.84. The molecule has 1 aliphatic carbocycles. The van der Waals surface area contributed by atoms with Gasteiger partial charge in [0.2, 0.25) is 0 Å². The molecule has 0 atom stereocenters. The summed E-state index contributed by atoms with van der Waals surface area (Å²) in [6.45, 7) is 3.92. The first-order valence-electron chi connectivity index (χ1n) is 9.71. The standard InChI is InChI=1S/C23H29N.ClH/c1-3-7-21(8-4-1)23(22-9-5-2-6-10-22)15-16-24-17-19-11-12-20(18-24)14-13-19;/h1-10,19-20,23H,11-18H2;1H. The van der Waals surface area contributed by atoms with E-state index in [0.717, 1.165) is 11.8 Å². The van der Waals surface area contributed by atoms with Crippen molar-refractivity contribution >= 4 is 12.4 Å². The highest BCUT2D eigenvalue weighted by Gasteiger charge is 2.29. The summed E-state index contributed by atoms with van der Waals surface area (Å²) in [7, 11) is 0. The second kappa shape index (κ2) is 8.87. The fourth-order valence-corrected chi connectivity index (χ4v) is 4.79. The number of fused-ring (bicyclic) bond motifs is 4. The van der Waals surface area contributed by atoms with Crippen LogP contribution in [0.3, 0.4) is 0 Å². The Kier molecular flexibility index (Phi) is 6.56. The molecule has 2 aromatic carbocycles. The molecular weight excluding hydrogens is 326 g/mol. The van der Waals surface area contributed by atoms with Gasteiger partial charge in [-0.05, 0) is 61.6 Å². The second-order valence-corrected chi connectivity index (χ2v) is 7.81. The van der Waals surface area contributed by atoms with Crippen molar-refractivity contribution in [2.24, 2.45) is 11.8 Å². The summed E-state index contributed by atoms with van der Waals surface area (Å²) in [6, 6.07) is 22.1. The third-order valence-electron chi connectivity index (χ3n) is 6.14. The van der Waals surface area contributed by atoms with Gasteiger partial charge in [-0.15, -0.1) is 12.4 Å². The normalized spacial score (nSPS) is 23.2. The first-order chi connectivity index (χ1) is 11.9. The van der Waals surface area contributed by atoms with Crippen LogP contribution in [0.1, 0.15) is 49.1 Å². The van der Waals surface area contributed by atoms with E-state index >= 15 is 0 Å². The molecular formula is C23H30ClN. The van der Waals surface area contributed by atoms with Gasteiger partial charge in [0.05, 0.1) is 0 Å². The van der Waals surface area contributed by atoms with Gasteiger partial charge in [0.25, 0.3) is 0 Å². The maximum Gasteiger partial charge on any atom is 0.0101 e. The van der Waals surface area contributed by atoms with E-state index in [2.05, 4.69) is 65.6 Å². The van der Waals surface area contributed by atoms with Gasteiger partial charge in [-0.3, -0.25) is 0 Å². The highest BCUT2D eigenvalue weighted by Crippen LogP contribution is 2.35. The molecule has 0 unspecified atom stereocenters. The fourth-order valence-electron chi connectivity index (χ4n) is 4.79. The molecule has 25 heavy (non-hydrogen) atoms. The van der Waals surface area contributed by atoms with E-state index in [1.165, 1.54) is 62.9 Å². The van der Waals surface area contributed by atoms with Crippen molar-refractivity contribution in [2.75, 3.05) is 19.6 Å². The Morgan fingerprint density at radius 1 is 0.720 bits per heavy atom. The molecule has 3 fully saturated rings. The molecule has 0 radical (unpaired) electrons. The molecule has 2 heteroatoms. The van der Waals surface area contributed by atoms with Gasteiger partial charge in [0.1, 0.15) is 0 Å². The summed E-state index contributed by atoms with van der Waals surface area (Å²) in [4.78, 5) is 2.77. The van der Waals surface area contributed by atoms with Crippen LogP contribution in [-0.4, -0.2) is 24.5 Å². The van der Waals surface area contributed by atoms with E-state index in [4.69, 9.17) is 0 Å². The molecule has 2 bridgehead atoms. The Morgan fingerprint density at radius 2 is 1.16 bits per heavy atom. The lowest BCUT2D eigenvalue weighted by Gasteiger charge is -2.26. The molecule has 2 aliphatic heterocycles. The van der Waals surface area contributed by atoms with Crippen LogP contribution in [-0.2, 0) is 0 Å². The summed E-state index contributed by atoms with van der Waals surface area (Å²) in [6.07, 6.45) is 7.13. The van der Waals surface area contributed by atoms with Crippen LogP contribution in [0.4, 0.5) is 0 Å². The second-order valence-electron chi connectivity index (χ2n) is 7.81. The number of nitrogens with zero attached hydrogens (tertiary/aromatic N) is 1. The molecule has 3 aliphatic rings. The van der Waals surface area contributed by atoms with Crippen LogP contribution in [0.25, 0.3) is 0 Å². The van der Waals surface area contributed by atoms with E-state index in [1.54, 1.807) is 0 Å². The van der Waals surface area contributed by atoms with E-state index < -0.39 is 0 Å². The molecule has 1 nitrogen and oxygen atoms in total. The Morgan fingerprint density at radius 3 is 1.60 bits per heavy atom. The lowest BCUT2D eigenvalue weighted by molar-refractivity contribution is 0.246. The largest absolute Gasteiger partial charge is 0.303 e. The van der Waals surface area contributed by atoms with Crippen LogP contribution >= 0.6 is 12.4 Å². The molecule has 1 saturated carbocycles. The van der Waals surface area contributed by atoms with Crippen LogP contribution in [0, 0.1) is 11.8 Å². The average Bonchev–Trinajstić information content (AvgIpc) is 2.97. The highest BCUT2D eigenvalue weighted by molar-refractivity contribution is 5.85. The molecule has 0 spiro atoms. The van der Waals surface area contributed by atoms with Gasteiger partial charge in [-0.1, -0.05) is 60.7 Å².